The highest BCUT2D eigenvalue weighted by Gasteiger charge is 2.25. The number of ether oxygens (including phenoxy) is 1. The maximum Gasteiger partial charge on any atom is 0.387 e. The highest BCUT2D eigenvalue weighted by Crippen LogP contribution is 2.19. The smallest absolute Gasteiger partial charge is 0.387 e. The molecule has 1 heterocycles. The van der Waals surface area contributed by atoms with Gasteiger partial charge in [-0.25, -0.2) is 0 Å². The van der Waals surface area contributed by atoms with Crippen LogP contribution in [-0.4, -0.2) is 34.0 Å². The van der Waals surface area contributed by atoms with Crippen LogP contribution in [0.2, 0.25) is 0 Å². The number of halogens is 2. The fourth-order valence-corrected chi connectivity index (χ4v) is 2.15. The Hall–Kier alpha value is -2.48. The zero-order valence-corrected chi connectivity index (χ0v) is 13.4. The van der Waals surface area contributed by atoms with Gasteiger partial charge in [0.25, 0.3) is 0 Å². The van der Waals surface area contributed by atoms with E-state index in [1.165, 1.54) is 24.4 Å². The van der Waals surface area contributed by atoms with Crippen molar-refractivity contribution in [3.05, 3.63) is 47.8 Å². The summed E-state index contributed by atoms with van der Waals surface area (Å²) in [7, 11) is 1.73. The van der Waals surface area contributed by atoms with Gasteiger partial charge in [0, 0.05) is 18.8 Å². The summed E-state index contributed by atoms with van der Waals surface area (Å²) >= 11 is 0. The highest BCUT2D eigenvalue weighted by molar-refractivity contribution is 5.78. The Morgan fingerprint density at radius 3 is 2.88 bits per heavy atom. The number of nitrogens with zero attached hydrogens (tertiary/aromatic N) is 2. The maximum absolute atomic E-state index is 12.2. The van der Waals surface area contributed by atoms with E-state index < -0.39 is 12.2 Å². The van der Waals surface area contributed by atoms with Crippen LogP contribution in [0.15, 0.2) is 36.7 Å². The minimum Gasteiger partial charge on any atom is -0.435 e. The lowest BCUT2D eigenvalue weighted by Crippen LogP contribution is -2.39. The Bertz CT molecular complexity index is 701. The van der Waals surface area contributed by atoms with Crippen molar-refractivity contribution >= 4 is 5.91 Å². The maximum atomic E-state index is 12.2. The number of alkyl halides is 2. The van der Waals surface area contributed by atoms with Crippen molar-refractivity contribution in [3.63, 3.8) is 0 Å². The molecule has 1 amide bonds. The molecule has 1 aromatic heterocycles. The van der Waals surface area contributed by atoms with Gasteiger partial charge in [-0.1, -0.05) is 12.1 Å². The minimum atomic E-state index is -2.91. The van der Waals surface area contributed by atoms with E-state index >= 15 is 0 Å². The SMILES string of the molecule is Cn1cc(C(C)(O)CNC(=O)Cc2cccc(OC(F)F)c2)cn1. The van der Waals surface area contributed by atoms with E-state index in [0.29, 0.717) is 11.1 Å². The number of aromatic nitrogens is 2. The molecule has 0 aliphatic heterocycles. The molecule has 2 aromatic rings. The van der Waals surface area contributed by atoms with Gasteiger partial charge >= 0.3 is 6.61 Å². The zero-order valence-electron chi connectivity index (χ0n) is 13.4. The molecule has 1 atom stereocenters. The lowest BCUT2D eigenvalue weighted by molar-refractivity contribution is -0.121. The van der Waals surface area contributed by atoms with Crippen molar-refractivity contribution in [1.29, 1.82) is 0 Å². The van der Waals surface area contributed by atoms with Crippen LogP contribution in [0.5, 0.6) is 5.75 Å². The molecule has 6 nitrogen and oxygen atoms in total. The fourth-order valence-electron chi connectivity index (χ4n) is 2.15. The molecule has 0 spiro atoms. The van der Waals surface area contributed by atoms with Crippen LogP contribution < -0.4 is 10.1 Å². The minimum absolute atomic E-state index is 0.00217. The van der Waals surface area contributed by atoms with Gasteiger partial charge < -0.3 is 15.2 Å². The van der Waals surface area contributed by atoms with Crippen molar-refractivity contribution in [3.8, 4) is 5.75 Å². The summed E-state index contributed by atoms with van der Waals surface area (Å²) in [6, 6.07) is 5.94. The number of amides is 1. The first kappa shape index (κ1) is 17.9. The largest absolute Gasteiger partial charge is 0.435 e. The van der Waals surface area contributed by atoms with Gasteiger partial charge in [-0.2, -0.15) is 13.9 Å². The number of benzene rings is 1. The Labute approximate surface area is 138 Å². The first-order chi connectivity index (χ1) is 11.3. The molecule has 0 aliphatic carbocycles. The molecule has 24 heavy (non-hydrogen) atoms. The lowest BCUT2D eigenvalue weighted by Gasteiger charge is -2.22. The average molecular weight is 339 g/mol. The topological polar surface area (TPSA) is 76.4 Å². The molecule has 130 valence electrons. The summed E-state index contributed by atoms with van der Waals surface area (Å²) in [5.74, 6) is -0.342. The van der Waals surface area contributed by atoms with Gasteiger partial charge in [0.05, 0.1) is 19.2 Å². The van der Waals surface area contributed by atoms with E-state index in [2.05, 4.69) is 15.2 Å². The number of hydrogen-bond donors (Lipinski definition) is 2. The van der Waals surface area contributed by atoms with Crippen molar-refractivity contribution in [2.45, 2.75) is 25.6 Å². The third-order valence-corrected chi connectivity index (χ3v) is 3.44. The molecule has 2 rings (SSSR count). The van der Waals surface area contributed by atoms with Crippen LogP contribution in [-0.2, 0) is 23.9 Å². The number of rotatable bonds is 7. The number of aliphatic hydroxyl groups is 1. The quantitative estimate of drug-likeness (QED) is 0.803. The van der Waals surface area contributed by atoms with Crippen LogP contribution in [0.1, 0.15) is 18.1 Å². The summed E-state index contributed by atoms with van der Waals surface area (Å²) in [4.78, 5) is 12.0. The average Bonchev–Trinajstić information content (AvgIpc) is 2.92. The Kier molecular flexibility index (Phi) is 5.50. The number of nitrogens with one attached hydrogen (secondary N) is 1. The Morgan fingerprint density at radius 2 is 2.25 bits per heavy atom. The summed E-state index contributed by atoms with van der Waals surface area (Å²) in [5.41, 5.74) is -0.144. The molecule has 1 unspecified atom stereocenters. The van der Waals surface area contributed by atoms with Gasteiger partial charge in [-0.3, -0.25) is 9.48 Å². The number of carbonyl (C=O) groups is 1. The van der Waals surface area contributed by atoms with E-state index in [1.807, 2.05) is 0 Å². The molecular formula is C16H19F2N3O3. The third-order valence-electron chi connectivity index (χ3n) is 3.44. The van der Waals surface area contributed by atoms with Crippen molar-refractivity contribution in [1.82, 2.24) is 15.1 Å². The molecule has 2 N–H and O–H groups in total. The van der Waals surface area contributed by atoms with E-state index in [4.69, 9.17) is 0 Å². The monoisotopic (exact) mass is 339 g/mol. The van der Waals surface area contributed by atoms with Gasteiger partial charge in [0.1, 0.15) is 11.4 Å². The van der Waals surface area contributed by atoms with E-state index in [-0.39, 0.29) is 24.6 Å². The van der Waals surface area contributed by atoms with Crippen LogP contribution in [0.25, 0.3) is 0 Å². The first-order valence-corrected chi connectivity index (χ1v) is 7.28. The van der Waals surface area contributed by atoms with Gasteiger partial charge in [0.15, 0.2) is 0 Å². The lowest BCUT2D eigenvalue weighted by atomic mass is 9.99. The second-order valence-electron chi connectivity index (χ2n) is 5.66. The first-order valence-electron chi connectivity index (χ1n) is 7.28. The number of carbonyl (C=O) groups excluding carboxylic acids is 1. The molecular weight excluding hydrogens is 320 g/mol. The van der Waals surface area contributed by atoms with Crippen LogP contribution in [0, 0.1) is 0 Å². The van der Waals surface area contributed by atoms with E-state index in [9.17, 15) is 18.7 Å². The number of aryl methyl sites for hydroxylation is 1. The highest BCUT2D eigenvalue weighted by atomic mass is 19.3. The predicted molar refractivity (Wildman–Crippen MR) is 82.6 cm³/mol. The molecule has 0 saturated heterocycles. The number of hydrogen-bond acceptors (Lipinski definition) is 4. The van der Waals surface area contributed by atoms with Crippen LogP contribution in [0.4, 0.5) is 8.78 Å². The van der Waals surface area contributed by atoms with Gasteiger partial charge in [-0.05, 0) is 24.6 Å². The van der Waals surface area contributed by atoms with Gasteiger partial charge in [-0.15, -0.1) is 0 Å². The standard InChI is InChI=1S/C16H19F2N3O3/c1-16(23,12-8-20-21(2)9-12)10-19-14(22)7-11-4-3-5-13(6-11)24-15(17)18/h3-6,8-9,15,23H,7,10H2,1-2H3,(H,19,22). The van der Waals surface area contributed by atoms with Crippen molar-refractivity contribution in [2.24, 2.45) is 7.05 Å². The van der Waals surface area contributed by atoms with Crippen LogP contribution in [0.3, 0.4) is 0 Å². The molecule has 0 saturated carbocycles. The summed E-state index contributed by atoms with van der Waals surface area (Å²) in [6.07, 6.45) is 3.18. The zero-order chi connectivity index (χ0) is 17.7. The second kappa shape index (κ2) is 7.39. The molecule has 0 fully saturated rings. The summed E-state index contributed by atoms with van der Waals surface area (Å²) in [5, 5.41) is 17.0. The van der Waals surface area contributed by atoms with Gasteiger partial charge in [0.2, 0.25) is 5.91 Å². The molecule has 0 radical (unpaired) electrons. The molecule has 1 aromatic carbocycles. The van der Waals surface area contributed by atoms with E-state index in [0.717, 1.165) is 0 Å². The summed E-state index contributed by atoms with van der Waals surface area (Å²) < 4.78 is 30.2. The van der Waals surface area contributed by atoms with Crippen molar-refractivity contribution < 1.29 is 23.4 Å². The van der Waals surface area contributed by atoms with Crippen LogP contribution >= 0.6 is 0 Å². The van der Waals surface area contributed by atoms with Crippen molar-refractivity contribution in [2.75, 3.05) is 6.54 Å². The normalized spacial score (nSPS) is 13.6. The summed E-state index contributed by atoms with van der Waals surface area (Å²) in [6.45, 7) is -1.34. The Morgan fingerprint density at radius 1 is 1.50 bits per heavy atom. The molecule has 8 heteroatoms. The molecule has 0 aliphatic rings. The predicted octanol–water partition coefficient (Wildman–Crippen LogP) is 1.59. The van der Waals surface area contributed by atoms with E-state index in [1.54, 1.807) is 30.9 Å². The third kappa shape index (κ3) is 5.02. The Balaban J connectivity index is 1.91. The second-order valence-corrected chi connectivity index (χ2v) is 5.66. The molecule has 0 bridgehead atoms. The fraction of sp³-hybridized carbons (Fsp3) is 0.375.